The molecule has 0 atom stereocenters. The van der Waals surface area contributed by atoms with Crippen LogP contribution in [-0.2, 0) is 18.4 Å². The molecule has 4 heterocycles. The van der Waals surface area contributed by atoms with Crippen LogP contribution in [0.5, 0.6) is 5.88 Å². The summed E-state index contributed by atoms with van der Waals surface area (Å²) in [6, 6.07) is 16.0. The molecule has 0 unspecified atom stereocenters. The van der Waals surface area contributed by atoms with Crippen molar-refractivity contribution >= 4 is 40.7 Å². The predicted molar refractivity (Wildman–Crippen MR) is 164 cm³/mol. The Bertz CT molecular complexity index is 1820. The first kappa shape index (κ1) is 28.9. The average Bonchev–Trinajstić information content (AvgIpc) is 3.37. The van der Waals surface area contributed by atoms with E-state index in [1.807, 2.05) is 30.3 Å². The molecule has 0 radical (unpaired) electrons. The number of hydrogen-bond acceptors (Lipinski definition) is 7. The number of nitrogens with zero attached hydrogens (tertiary/aromatic N) is 4. The van der Waals surface area contributed by atoms with Gasteiger partial charge >= 0.3 is 0 Å². The number of pyridine rings is 1. The second-order valence-corrected chi connectivity index (χ2v) is 11.6. The van der Waals surface area contributed by atoms with E-state index in [0.717, 1.165) is 29.8 Å². The average molecular weight is 620 g/mol. The molecule has 43 heavy (non-hydrogen) atoms. The molecule has 2 aliphatic rings. The molecule has 2 N–H and O–H groups in total. The summed E-state index contributed by atoms with van der Waals surface area (Å²) < 4.78 is 6.74. The molecular formula is C31H28Cl2N6O4. The highest BCUT2D eigenvalue weighted by Gasteiger charge is 2.47. The molecule has 0 bridgehead atoms. The molecule has 2 saturated heterocycles. The molecule has 1 spiro atoms. The molecule has 2 fully saturated rings. The summed E-state index contributed by atoms with van der Waals surface area (Å²) in [6.07, 6.45) is 2.84. The van der Waals surface area contributed by atoms with Crippen LogP contribution in [0.3, 0.4) is 0 Å². The van der Waals surface area contributed by atoms with Gasteiger partial charge in [0.05, 0.1) is 34.1 Å². The molecule has 2 amide bonds. The highest BCUT2D eigenvalue weighted by Crippen LogP contribution is 2.41. The number of methoxy groups -OCH3 is 1. The number of carbonyl (C=O) groups is 2. The lowest BCUT2D eigenvalue weighted by atomic mass is 9.88. The van der Waals surface area contributed by atoms with Crippen LogP contribution in [0.2, 0.25) is 10.0 Å². The number of rotatable bonds is 7. The Hall–Kier alpha value is -4.25. The number of likely N-dealkylation sites (tertiary alicyclic amines) is 1. The van der Waals surface area contributed by atoms with E-state index in [4.69, 9.17) is 32.9 Å². The number of carbonyl (C=O) groups excluding carboxylic acids is 2. The van der Waals surface area contributed by atoms with Gasteiger partial charge in [-0.15, -0.1) is 0 Å². The van der Waals surface area contributed by atoms with Gasteiger partial charge in [0.25, 0.3) is 11.5 Å². The van der Waals surface area contributed by atoms with E-state index in [1.165, 1.54) is 19.3 Å². The van der Waals surface area contributed by atoms with Gasteiger partial charge in [-0.2, -0.15) is 5.10 Å². The number of hydrogen-bond donors (Lipinski definition) is 2. The molecule has 6 rings (SSSR count). The van der Waals surface area contributed by atoms with Gasteiger partial charge in [-0.25, -0.2) is 9.67 Å². The summed E-state index contributed by atoms with van der Waals surface area (Å²) in [5, 5.41) is 10.4. The Labute approximate surface area is 257 Å². The molecular weight excluding hydrogens is 591 g/mol. The van der Waals surface area contributed by atoms with Crippen molar-refractivity contribution in [1.29, 1.82) is 0 Å². The van der Waals surface area contributed by atoms with Crippen molar-refractivity contribution in [2.24, 2.45) is 7.05 Å². The number of halogens is 2. The van der Waals surface area contributed by atoms with E-state index >= 15 is 0 Å². The lowest BCUT2D eigenvalue weighted by Gasteiger charge is -2.48. The second-order valence-electron chi connectivity index (χ2n) is 10.8. The summed E-state index contributed by atoms with van der Waals surface area (Å²) >= 11 is 13.7. The Balaban J connectivity index is 1.25. The van der Waals surface area contributed by atoms with E-state index in [2.05, 4.69) is 20.6 Å². The summed E-state index contributed by atoms with van der Waals surface area (Å²) in [4.78, 5) is 43.9. The largest absolute Gasteiger partial charge is 0.481 e. The Morgan fingerprint density at radius 2 is 1.74 bits per heavy atom. The van der Waals surface area contributed by atoms with Crippen molar-refractivity contribution in [3.8, 4) is 28.3 Å². The maximum absolute atomic E-state index is 12.9. The number of amides is 2. The number of aromatic nitrogens is 3. The minimum absolute atomic E-state index is 0.0543. The first-order valence-corrected chi connectivity index (χ1v) is 14.4. The maximum atomic E-state index is 12.9. The number of nitrogens with one attached hydrogen (secondary N) is 2. The van der Waals surface area contributed by atoms with Crippen LogP contribution in [0.15, 0.2) is 65.6 Å². The van der Waals surface area contributed by atoms with E-state index in [1.54, 1.807) is 25.3 Å². The van der Waals surface area contributed by atoms with E-state index < -0.39 is 11.5 Å². The molecule has 2 aromatic heterocycles. The van der Waals surface area contributed by atoms with Crippen LogP contribution in [0, 0.1) is 0 Å². The zero-order valence-electron chi connectivity index (χ0n) is 23.5. The van der Waals surface area contributed by atoms with Crippen LogP contribution in [0.25, 0.3) is 22.4 Å². The van der Waals surface area contributed by atoms with Crippen molar-refractivity contribution in [3.05, 3.63) is 92.3 Å². The second kappa shape index (κ2) is 11.4. The van der Waals surface area contributed by atoms with E-state index in [9.17, 15) is 14.4 Å². The lowest BCUT2D eigenvalue weighted by molar-refractivity contribution is -0.120. The van der Waals surface area contributed by atoms with Gasteiger partial charge in [0.1, 0.15) is 5.56 Å². The smallest absolute Gasteiger partial charge is 0.279 e. The summed E-state index contributed by atoms with van der Waals surface area (Å²) in [7, 11) is 3.06. The van der Waals surface area contributed by atoms with E-state index in [0.29, 0.717) is 51.9 Å². The van der Waals surface area contributed by atoms with Crippen molar-refractivity contribution in [2.45, 2.75) is 24.9 Å². The fourth-order valence-electron chi connectivity index (χ4n) is 5.73. The molecule has 4 aromatic rings. The first-order chi connectivity index (χ1) is 20.7. The first-order valence-electron chi connectivity index (χ1n) is 13.7. The van der Waals surface area contributed by atoms with Gasteiger partial charge in [0.2, 0.25) is 11.8 Å². The molecule has 0 saturated carbocycles. The van der Waals surface area contributed by atoms with Gasteiger partial charge in [-0.05, 0) is 24.6 Å². The Morgan fingerprint density at radius 1 is 1.02 bits per heavy atom. The van der Waals surface area contributed by atoms with Gasteiger partial charge in [0, 0.05) is 61.6 Å². The van der Waals surface area contributed by atoms with Crippen LogP contribution in [0.1, 0.15) is 28.8 Å². The van der Waals surface area contributed by atoms with Crippen molar-refractivity contribution < 1.29 is 14.3 Å². The summed E-state index contributed by atoms with van der Waals surface area (Å²) in [5.74, 6) is 0.0252. The fourth-order valence-corrected chi connectivity index (χ4v) is 6.33. The maximum Gasteiger partial charge on any atom is 0.279 e. The number of anilines is 1. The van der Waals surface area contributed by atoms with Gasteiger partial charge in [-0.1, -0.05) is 59.6 Å². The third-order valence-electron chi connectivity index (χ3n) is 7.88. The standard InChI is InChI=1S/C31H28Cl2N6O4/c1-38-30(42)22(12-14-34-38)28(41)35-24-8-4-6-20(27(24)33)19-5-3-7-21(26(19)32)23-10-9-18(29(36-23)43-2)15-39-16-31(17-39)13-11-25(40)37-31/h3-10,12,14H,11,13,15-17H2,1-2H3,(H,35,41)(H,37,40). The highest BCUT2D eigenvalue weighted by atomic mass is 35.5. The molecule has 10 nitrogen and oxygen atoms in total. The van der Waals surface area contributed by atoms with Crippen LogP contribution >= 0.6 is 23.2 Å². The lowest BCUT2D eigenvalue weighted by Crippen LogP contribution is -2.66. The normalized spacial score (nSPS) is 15.7. The van der Waals surface area contributed by atoms with Crippen molar-refractivity contribution in [2.75, 3.05) is 25.5 Å². The van der Waals surface area contributed by atoms with Gasteiger partial charge in [0.15, 0.2) is 0 Å². The number of aryl methyl sites for hydroxylation is 1. The SMILES string of the molecule is COc1nc(-c2cccc(-c3cccc(NC(=O)c4ccnn(C)c4=O)c3Cl)c2Cl)ccc1CN1CC2(CCC(=O)N2)C1. The fraction of sp³-hybridized carbons (Fsp3) is 0.258. The molecule has 0 aliphatic carbocycles. The number of benzene rings is 2. The Kier molecular flexibility index (Phi) is 7.68. The summed E-state index contributed by atoms with van der Waals surface area (Å²) in [6.45, 7) is 2.26. The Morgan fingerprint density at radius 3 is 2.47 bits per heavy atom. The minimum Gasteiger partial charge on any atom is -0.481 e. The molecule has 12 heteroatoms. The quantitative estimate of drug-likeness (QED) is 0.312. The monoisotopic (exact) mass is 618 g/mol. The zero-order valence-corrected chi connectivity index (χ0v) is 25.0. The van der Waals surface area contributed by atoms with E-state index in [-0.39, 0.29) is 22.0 Å². The highest BCUT2D eigenvalue weighted by molar-refractivity contribution is 6.39. The predicted octanol–water partition coefficient (Wildman–Crippen LogP) is 4.54. The van der Waals surface area contributed by atoms with Crippen LogP contribution in [-0.4, -0.2) is 57.2 Å². The zero-order chi connectivity index (χ0) is 30.3. The molecule has 2 aliphatic heterocycles. The minimum atomic E-state index is -0.598. The molecule has 220 valence electrons. The van der Waals surface area contributed by atoms with Gasteiger partial charge in [-0.3, -0.25) is 19.3 Å². The third-order valence-corrected chi connectivity index (χ3v) is 8.69. The third kappa shape index (κ3) is 5.49. The van der Waals surface area contributed by atoms with Crippen molar-refractivity contribution in [1.82, 2.24) is 25.0 Å². The van der Waals surface area contributed by atoms with Crippen LogP contribution < -0.4 is 20.9 Å². The van der Waals surface area contributed by atoms with Crippen molar-refractivity contribution in [3.63, 3.8) is 0 Å². The topological polar surface area (TPSA) is 118 Å². The molecule has 2 aromatic carbocycles. The van der Waals surface area contributed by atoms with Crippen LogP contribution in [0.4, 0.5) is 5.69 Å². The number of ether oxygens (including phenoxy) is 1. The summed E-state index contributed by atoms with van der Waals surface area (Å²) in [5.41, 5.74) is 3.17. The van der Waals surface area contributed by atoms with Gasteiger partial charge < -0.3 is 15.4 Å².